The number of hydrogen-bond donors (Lipinski definition) is 3. The van der Waals surface area contributed by atoms with Crippen LogP contribution in [0, 0.1) is 0 Å². The molecular formula is C9H18N2O2. The topological polar surface area (TPSA) is 75.3 Å². The summed E-state index contributed by atoms with van der Waals surface area (Å²) in [5.41, 5.74) is 5.36. The molecule has 0 bridgehead atoms. The summed E-state index contributed by atoms with van der Waals surface area (Å²) in [6, 6.07) is -0.116. The lowest BCUT2D eigenvalue weighted by atomic mass is 10.2. The van der Waals surface area contributed by atoms with Crippen LogP contribution in [0.1, 0.15) is 32.1 Å². The molecular weight excluding hydrogens is 168 g/mol. The van der Waals surface area contributed by atoms with Gasteiger partial charge in [0, 0.05) is 6.04 Å². The lowest BCUT2D eigenvalue weighted by Gasteiger charge is -2.12. The van der Waals surface area contributed by atoms with Crippen LogP contribution in [0.25, 0.3) is 0 Å². The average molecular weight is 186 g/mol. The Labute approximate surface area is 78.5 Å². The molecule has 0 aliphatic heterocycles. The Bertz CT molecular complexity index is 167. The van der Waals surface area contributed by atoms with Crippen molar-refractivity contribution in [3.63, 3.8) is 0 Å². The van der Waals surface area contributed by atoms with E-state index in [1.807, 2.05) is 0 Å². The van der Waals surface area contributed by atoms with Gasteiger partial charge in [0.05, 0.1) is 0 Å². The van der Waals surface area contributed by atoms with Crippen molar-refractivity contribution in [2.24, 2.45) is 5.73 Å². The summed E-state index contributed by atoms with van der Waals surface area (Å²) in [6.07, 6.45) is 5.56. The minimum absolute atomic E-state index is 0.520. The molecule has 1 unspecified atom stereocenters. The van der Waals surface area contributed by atoms with Gasteiger partial charge in [-0.05, 0) is 25.8 Å². The van der Waals surface area contributed by atoms with E-state index in [1.54, 1.807) is 0 Å². The standard InChI is InChI=1S/C9H18N2O2/c10-8(9(12)13)5-6-11-7-3-1-2-4-7/h7-8,11H,1-6,10H2,(H,12,13). The second kappa shape index (κ2) is 5.19. The van der Waals surface area contributed by atoms with E-state index in [4.69, 9.17) is 10.8 Å². The van der Waals surface area contributed by atoms with Crippen molar-refractivity contribution in [1.82, 2.24) is 5.32 Å². The van der Waals surface area contributed by atoms with Crippen LogP contribution in [0.5, 0.6) is 0 Å². The maximum atomic E-state index is 10.4. The van der Waals surface area contributed by atoms with Gasteiger partial charge in [0.25, 0.3) is 0 Å². The van der Waals surface area contributed by atoms with Gasteiger partial charge in [-0.15, -0.1) is 0 Å². The molecule has 4 nitrogen and oxygen atoms in total. The van der Waals surface area contributed by atoms with Crippen LogP contribution in [0.3, 0.4) is 0 Å². The summed E-state index contributed by atoms with van der Waals surface area (Å²) in [4.78, 5) is 10.4. The van der Waals surface area contributed by atoms with Crippen LogP contribution in [-0.4, -0.2) is 29.7 Å². The Kier molecular flexibility index (Phi) is 4.18. The molecule has 0 spiro atoms. The second-order valence-electron chi connectivity index (χ2n) is 3.67. The predicted molar refractivity (Wildman–Crippen MR) is 50.5 cm³/mol. The molecule has 0 aromatic carbocycles. The zero-order valence-corrected chi connectivity index (χ0v) is 7.83. The maximum Gasteiger partial charge on any atom is 0.320 e. The summed E-state index contributed by atoms with van der Waals surface area (Å²) in [5, 5.41) is 11.8. The third kappa shape index (κ3) is 3.74. The van der Waals surface area contributed by atoms with Crippen molar-refractivity contribution in [3.05, 3.63) is 0 Å². The highest BCUT2D eigenvalue weighted by atomic mass is 16.4. The van der Waals surface area contributed by atoms with E-state index in [1.165, 1.54) is 25.7 Å². The van der Waals surface area contributed by atoms with Crippen molar-refractivity contribution in [1.29, 1.82) is 0 Å². The van der Waals surface area contributed by atoms with E-state index < -0.39 is 12.0 Å². The lowest BCUT2D eigenvalue weighted by molar-refractivity contribution is -0.138. The zero-order valence-electron chi connectivity index (χ0n) is 7.83. The van der Waals surface area contributed by atoms with Crippen molar-refractivity contribution >= 4 is 5.97 Å². The van der Waals surface area contributed by atoms with Crippen molar-refractivity contribution in [3.8, 4) is 0 Å². The van der Waals surface area contributed by atoms with Crippen LogP contribution in [0.15, 0.2) is 0 Å². The Morgan fingerprint density at radius 1 is 1.54 bits per heavy atom. The highest BCUT2D eigenvalue weighted by Gasteiger charge is 2.15. The lowest BCUT2D eigenvalue weighted by Crippen LogP contribution is -2.36. The van der Waals surface area contributed by atoms with Crippen LogP contribution in [0.4, 0.5) is 0 Å². The van der Waals surface area contributed by atoms with Crippen LogP contribution >= 0.6 is 0 Å². The van der Waals surface area contributed by atoms with Gasteiger partial charge in [-0.25, -0.2) is 0 Å². The van der Waals surface area contributed by atoms with Gasteiger partial charge in [-0.3, -0.25) is 4.79 Å². The predicted octanol–water partition coefficient (Wildman–Crippen LogP) is 0.321. The zero-order chi connectivity index (χ0) is 9.68. The molecule has 1 fully saturated rings. The minimum Gasteiger partial charge on any atom is -0.480 e. The van der Waals surface area contributed by atoms with Crippen molar-refractivity contribution in [2.45, 2.75) is 44.2 Å². The number of carbonyl (C=O) groups is 1. The van der Waals surface area contributed by atoms with E-state index in [2.05, 4.69) is 5.32 Å². The summed E-state index contributed by atoms with van der Waals surface area (Å²) in [5.74, 6) is -0.909. The van der Waals surface area contributed by atoms with E-state index >= 15 is 0 Å². The van der Waals surface area contributed by atoms with Crippen molar-refractivity contribution < 1.29 is 9.90 Å². The Hall–Kier alpha value is -0.610. The van der Waals surface area contributed by atoms with Gasteiger partial charge < -0.3 is 16.2 Å². The highest BCUT2D eigenvalue weighted by Crippen LogP contribution is 2.17. The SMILES string of the molecule is NC(CCNC1CCCC1)C(=O)O. The highest BCUT2D eigenvalue weighted by molar-refractivity contribution is 5.72. The number of carboxylic acids is 1. The molecule has 76 valence electrons. The van der Waals surface area contributed by atoms with Gasteiger partial charge in [-0.1, -0.05) is 12.8 Å². The largest absolute Gasteiger partial charge is 0.480 e. The van der Waals surface area contributed by atoms with Crippen molar-refractivity contribution in [2.75, 3.05) is 6.54 Å². The number of carboxylic acid groups (broad SMARTS) is 1. The molecule has 4 N–H and O–H groups in total. The molecule has 1 saturated carbocycles. The minimum atomic E-state index is -0.909. The van der Waals surface area contributed by atoms with E-state index in [9.17, 15) is 4.79 Å². The average Bonchev–Trinajstić information content (AvgIpc) is 2.56. The normalized spacial score (nSPS) is 20.4. The summed E-state index contributed by atoms with van der Waals surface area (Å²) in [7, 11) is 0. The maximum absolute atomic E-state index is 10.4. The molecule has 0 saturated heterocycles. The molecule has 1 aliphatic carbocycles. The van der Waals surface area contributed by atoms with Gasteiger partial charge in [0.15, 0.2) is 0 Å². The summed E-state index contributed by atoms with van der Waals surface area (Å²) < 4.78 is 0. The molecule has 0 aromatic heterocycles. The van der Waals surface area contributed by atoms with Crippen LogP contribution in [0.2, 0.25) is 0 Å². The first-order valence-corrected chi connectivity index (χ1v) is 4.92. The molecule has 13 heavy (non-hydrogen) atoms. The first-order chi connectivity index (χ1) is 6.20. The number of aliphatic carboxylic acids is 1. The Balaban J connectivity index is 2.02. The first kappa shape index (κ1) is 10.5. The fourth-order valence-electron chi connectivity index (χ4n) is 1.70. The fourth-order valence-corrected chi connectivity index (χ4v) is 1.70. The Morgan fingerprint density at radius 2 is 2.15 bits per heavy atom. The van der Waals surface area contributed by atoms with Gasteiger partial charge in [0.2, 0.25) is 0 Å². The quantitative estimate of drug-likeness (QED) is 0.578. The van der Waals surface area contributed by atoms with Crippen LogP contribution in [-0.2, 0) is 4.79 Å². The number of nitrogens with one attached hydrogen (secondary N) is 1. The number of hydrogen-bond acceptors (Lipinski definition) is 3. The fraction of sp³-hybridized carbons (Fsp3) is 0.889. The van der Waals surface area contributed by atoms with Gasteiger partial charge in [0.1, 0.15) is 6.04 Å². The molecule has 4 heteroatoms. The first-order valence-electron chi connectivity index (χ1n) is 4.92. The molecule has 0 amide bonds. The smallest absolute Gasteiger partial charge is 0.320 e. The molecule has 0 heterocycles. The summed E-state index contributed by atoms with van der Waals surface area (Å²) in [6.45, 7) is 0.720. The Morgan fingerprint density at radius 3 is 2.69 bits per heavy atom. The van der Waals surface area contributed by atoms with Gasteiger partial charge >= 0.3 is 5.97 Å². The number of rotatable bonds is 5. The molecule has 0 radical (unpaired) electrons. The number of nitrogens with two attached hydrogens (primary N) is 1. The molecule has 1 atom stereocenters. The van der Waals surface area contributed by atoms with E-state index in [0.29, 0.717) is 12.5 Å². The molecule has 1 rings (SSSR count). The van der Waals surface area contributed by atoms with Gasteiger partial charge in [-0.2, -0.15) is 0 Å². The third-order valence-electron chi connectivity index (χ3n) is 2.56. The third-order valence-corrected chi connectivity index (χ3v) is 2.56. The van der Waals surface area contributed by atoms with E-state index in [0.717, 1.165) is 6.54 Å². The second-order valence-corrected chi connectivity index (χ2v) is 3.67. The molecule has 0 aromatic rings. The monoisotopic (exact) mass is 186 g/mol. The summed E-state index contributed by atoms with van der Waals surface area (Å²) >= 11 is 0. The van der Waals surface area contributed by atoms with E-state index in [-0.39, 0.29) is 0 Å². The van der Waals surface area contributed by atoms with Crippen LogP contribution < -0.4 is 11.1 Å². The molecule has 1 aliphatic rings.